The molecule has 7 rings (SSSR count). The van der Waals surface area contributed by atoms with Gasteiger partial charge in [-0.05, 0) is 38.7 Å². The van der Waals surface area contributed by atoms with Crippen LogP contribution >= 0.6 is 0 Å². The third-order valence-electron chi connectivity index (χ3n) is 14.8. The van der Waals surface area contributed by atoms with Gasteiger partial charge in [-0.25, -0.2) is 4.79 Å². The Morgan fingerprint density at radius 1 is 0.833 bits per heavy atom. The lowest BCUT2D eigenvalue weighted by Gasteiger charge is -2.71. The van der Waals surface area contributed by atoms with Crippen molar-refractivity contribution in [2.75, 3.05) is 14.2 Å². The molecule has 1 aromatic heterocycles. The summed E-state index contributed by atoms with van der Waals surface area (Å²) in [5.74, 6) is -8.92. The molecule has 2 N–H and O–H groups in total. The van der Waals surface area contributed by atoms with Crippen LogP contribution < -0.4 is 0 Å². The van der Waals surface area contributed by atoms with E-state index < -0.39 is 148 Å². The normalized spacial score (nSPS) is 46.2. The van der Waals surface area contributed by atoms with E-state index in [1.807, 2.05) is 0 Å². The van der Waals surface area contributed by atoms with Crippen LogP contribution in [0.2, 0.25) is 0 Å². The third-order valence-corrected chi connectivity index (χ3v) is 14.8. The molecule has 1 aromatic rings. The molecule has 16 atom stereocenters. The average Bonchev–Trinajstić information content (AvgIpc) is 3.46. The molecule has 1 spiro atoms. The molecule has 4 unspecified atom stereocenters. The van der Waals surface area contributed by atoms with Crippen LogP contribution in [0, 0.1) is 22.2 Å². The SMILES string of the molecule is COC(=O)C[C@H]1[C@@]2(C)CC3OC4(C)O[C@@]5([C@H](O)C[C@@](C)([C@H](OC(C)=O)c6ccoc6)[C@@](O)(CC(=O)OC)[C@@]5(O4)[C@H](OC(C)=O)[C@@H](OC(C)=O)[C@H]2OC(=O)C2(C)OC2C)[C@@]31C. The van der Waals surface area contributed by atoms with Crippen LogP contribution in [0.5, 0.6) is 0 Å². The van der Waals surface area contributed by atoms with Crippen molar-refractivity contribution >= 4 is 35.8 Å². The molecule has 0 amide bonds. The Bertz CT molecular complexity index is 1970. The minimum absolute atomic E-state index is 0.0918. The number of aliphatic hydroxyl groups is 2. The van der Waals surface area contributed by atoms with Gasteiger partial charge in [0.1, 0.15) is 23.4 Å². The Hall–Kier alpha value is -4.14. The first-order chi connectivity index (χ1) is 27.8. The number of ether oxygens (including phenoxy) is 10. The summed E-state index contributed by atoms with van der Waals surface area (Å²) < 4.78 is 67.0. The monoisotopic (exact) mass is 850 g/mol. The van der Waals surface area contributed by atoms with Gasteiger partial charge in [-0.2, -0.15) is 0 Å². The summed E-state index contributed by atoms with van der Waals surface area (Å²) in [6.45, 7) is 12.5. The van der Waals surface area contributed by atoms with E-state index in [4.69, 9.17) is 51.8 Å². The summed E-state index contributed by atoms with van der Waals surface area (Å²) >= 11 is 0. The highest BCUT2D eigenvalue weighted by molar-refractivity contribution is 5.83. The van der Waals surface area contributed by atoms with Crippen molar-refractivity contribution in [3.05, 3.63) is 24.2 Å². The second-order valence-electron chi connectivity index (χ2n) is 18.1. The minimum Gasteiger partial charge on any atom is -0.472 e. The number of fused-ring (bicyclic) bond motifs is 2. The summed E-state index contributed by atoms with van der Waals surface area (Å²) in [6.07, 6.45) is -10.5. The van der Waals surface area contributed by atoms with E-state index >= 15 is 0 Å². The molecule has 19 heteroatoms. The number of aliphatic hydroxyl groups excluding tert-OH is 1. The summed E-state index contributed by atoms with van der Waals surface area (Å²) in [5.41, 5.74) is -14.8. The van der Waals surface area contributed by atoms with Crippen LogP contribution in [0.3, 0.4) is 0 Å². The van der Waals surface area contributed by atoms with Gasteiger partial charge in [0, 0.05) is 55.9 Å². The van der Waals surface area contributed by atoms with Crippen LogP contribution in [0.4, 0.5) is 0 Å². The highest BCUT2D eigenvalue weighted by Gasteiger charge is 2.96. The van der Waals surface area contributed by atoms with Gasteiger partial charge >= 0.3 is 35.8 Å². The van der Waals surface area contributed by atoms with E-state index in [0.717, 1.165) is 27.9 Å². The van der Waals surface area contributed by atoms with E-state index in [2.05, 4.69) is 0 Å². The zero-order valence-corrected chi connectivity index (χ0v) is 35.5. The molecule has 19 nitrogen and oxygen atoms in total. The molecule has 4 heterocycles. The zero-order chi connectivity index (χ0) is 44.4. The fourth-order valence-corrected chi connectivity index (χ4v) is 12.1. The molecular weight excluding hydrogens is 796 g/mol. The predicted molar refractivity (Wildman–Crippen MR) is 195 cm³/mol. The molecule has 3 aliphatic heterocycles. The molecule has 6 fully saturated rings. The van der Waals surface area contributed by atoms with Gasteiger partial charge < -0.3 is 62.0 Å². The summed E-state index contributed by atoms with van der Waals surface area (Å²) in [5, 5.41) is 27.7. The number of rotatable bonds is 11. The lowest BCUT2D eigenvalue weighted by molar-refractivity contribution is -0.417. The Kier molecular flexibility index (Phi) is 10.2. The summed E-state index contributed by atoms with van der Waals surface area (Å²) in [4.78, 5) is 82.3. The fraction of sp³-hybridized carbons (Fsp3) is 0.756. The van der Waals surface area contributed by atoms with Crippen LogP contribution in [-0.2, 0) is 76.1 Å². The van der Waals surface area contributed by atoms with Crippen molar-refractivity contribution in [3.63, 3.8) is 0 Å². The van der Waals surface area contributed by atoms with Gasteiger partial charge in [-0.3, -0.25) is 24.0 Å². The molecule has 4 bridgehead atoms. The predicted octanol–water partition coefficient (Wildman–Crippen LogP) is 2.11. The maximum atomic E-state index is 14.4. The van der Waals surface area contributed by atoms with Crippen LogP contribution in [0.25, 0.3) is 0 Å². The number of hydrogen-bond donors (Lipinski definition) is 2. The van der Waals surface area contributed by atoms with Crippen LogP contribution in [0.1, 0.15) is 99.7 Å². The van der Waals surface area contributed by atoms with Crippen LogP contribution in [0.15, 0.2) is 23.0 Å². The van der Waals surface area contributed by atoms with Gasteiger partial charge in [-0.15, -0.1) is 0 Å². The summed E-state index contributed by atoms with van der Waals surface area (Å²) in [7, 11) is 2.24. The molecular formula is C41H54O19. The van der Waals surface area contributed by atoms with E-state index in [0.29, 0.717) is 0 Å². The standard InChI is InChI=1S/C41H54O19/c1-19-37(8,57-19)33(48)56-31-29(53-20(2)42)32(55-22(4)44)41-39(49,17-28(47)51-11)35(6,30(54-21(3)43)23-12-13-52-18-23)15-25(45)40(41)36(7)24(14-27(46)50-10)34(31,5)16-26(36)58-38(9,59-40)60-41/h12-13,18-19,24-26,29-32,45,49H,14-17H2,1-11H3/t19?,24-,25+,26?,29-,30+,31+,32+,34+,35-,36+,37?,38?,39-,40-,41-/m0/s1. The lowest BCUT2D eigenvalue weighted by atomic mass is 9.39. The molecule has 60 heavy (non-hydrogen) atoms. The quantitative estimate of drug-likeness (QED) is 0.184. The first-order valence-corrected chi connectivity index (χ1v) is 19.9. The summed E-state index contributed by atoms with van der Waals surface area (Å²) in [6, 6.07) is 1.45. The number of hydrogen-bond acceptors (Lipinski definition) is 19. The Morgan fingerprint density at radius 3 is 1.98 bits per heavy atom. The number of esters is 6. The van der Waals surface area contributed by atoms with Crippen molar-refractivity contribution in [1.82, 2.24) is 0 Å². The Morgan fingerprint density at radius 2 is 1.45 bits per heavy atom. The maximum absolute atomic E-state index is 14.4. The zero-order valence-electron chi connectivity index (χ0n) is 35.5. The van der Waals surface area contributed by atoms with E-state index in [9.17, 15) is 39.0 Å². The number of furan rings is 1. The third kappa shape index (κ3) is 5.60. The largest absolute Gasteiger partial charge is 0.472 e. The molecule has 6 aliphatic rings. The van der Waals surface area contributed by atoms with Gasteiger partial charge in [-0.1, -0.05) is 20.8 Å². The van der Waals surface area contributed by atoms with Crippen molar-refractivity contribution in [2.24, 2.45) is 22.2 Å². The molecule has 3 aliphatic carbocycles. The first kappa shape index (κ1) is 43.9. The molecule has 0 radical (unpaired) electrons. The van der Waals surface area contributed by atoms with E-state index in [1.54, 1.807) is 20.8 Å². The van der Waals surface area contributed by atoms with Crippen molar-refractivity contribution < 1.29 is 90.8 Å². The first-order valence-electron chi connectivity index (χ1n) is 19.9. The highest BCUT2D eigenvalue weighted by Crippen LogP contribution is 2.80. The minimum atomic E-state index is -2.91. The van der Waals surface area contributed by atoms with Gasteiger partial charge in [0.05, 0.1) is 51.5 Å². The Balaban J connectivity index is 1.66. The second-order valence-corrected chi connectivity index (χ2v) is 18.1. The lowest BCUT2D eigenvalue weighted by Crippen LogP contribution is -2.90. The number of carbonyl (C=O) groups excluding carboxylic acids is 6. The van der Waals surface area contributed by atoms with E-state index in [-0.39, 0.29) is 12.0 Å². The van der Waals surface area contributed by atoms with Gasteiger partial charge in [0.25, 0.3) is 5.97 Å². The number of methoxy groups -OCH3 is 2. The van der Waals surface area contributed by atoms with Crippen molar-refractivity contribution in [3.8, 4) is 0 Å². The molecule has 0 aromatic carbocycles. The van der Waals surface area contributed by atoms with Gasteiger partial charge in [0.2, 0.25) is 0 Å². The topological polar surface area (TPSA) is 252 Å². The maximum Gasteiger partial charge on any atom is 0.341 e. The smallest absolute Gasteiger partial charge is 0.341 e. The molecule has 332 valence electrons. The average molecular weight is 851 g/mol. The second kappa shape index (κ2) is 13.9. The number of epoxide rings is 1. The van der Waals surface area contributed by atoms with Crippen molar-refractivity contribution in [1.29, 1.82) is 0 Å². The Labute approximate surface area is 345 Å². The van der Waals surface area contributed by atoms with E-state index in [1.165, 1.54) is 46.5 Å². The fourth-order valence-electron chi connectivity index (χ4n) is 12.1. The number of carbonyl (C=O) groups is 6. The molecule has 3 saturated carbocycles. The van der Waals surface area contributed by atoms with Crippen LogP contribution in [-0.4, -0.2) is 125 Å². The highest BCUT2D eigenvalue weighted by atomic mass is 16.9. The van der Waals surface area contributed by atoms with Crippen molar-refractivity contribution in [2.45, 2.75) is 159 Å². The van der Waals surface area contributed by atoms with Gasteiger partial charge in [0.15, 0.2) is 23.4 Å². The molecule has 3 saturated heterocycles.